The topological polar surface area (TPSA) is 69.0 Å². The first kappa shape index (κ1) is 12.8. The summed E-state index contributed by atoms with van der Waals surface area (Å²) in [4.78, 5) is 18.7. The van der Waals surface area contributed by atoms with E-state index in [9.17, 15) is 13.2 Å². The number of rotatable bonds is 3. The third-order valence-electron chi connectivity index (χ3n) is 3.39. The first-order chi connectivity index (χ1) is 8.96. The molecule has 0 amide bonds. The van der Waals surface area contributed by atoms with Gasteiger partial charge in [0.1, 0.15) is 14.7 Å². The van der Waals surface area contributed by atoms with Crippen molar-refractivity contribution in [2.75, 3.05) is 12.0 Å². The van der Waals surface area contributed by atoms with Crippen LogP contribution in [0, 0.1) is 0 Å². The molecule has 0 spiro atoms. The molecule has 7 heteroatoms. The zero-order chi connectivity index (χ0) is 13.6. The van der Waals surface area contributed by atoms with E-state index in [1.54, 1.807) is 11.3 Å². The van der Waals surface area contributed by atoms with Crippen molar-refractivity contribution in [3.8, 4) is 0 Å². The molecule has 0 N–H and O–H groups in total. The van der Waals surface area contributed by atoms with E-state index in [0.29, 0.717) is 5.39 Å². The van der Waals surface area contributed by atoms with Crippen molar-refractivity contribution in [3.63, 3.8) is 0 Å². The fourth-order valence-corrected chi connectivity index (χ4v) is 4.19. The Morgan fingerprint density at radius 3 is 2.95 bits per heavy atom. The van der Waals surface area contributed by atoms with E-state index in [1.807, 2.05) is 0 Å². The van der Waals surface area contributed by atoms with Gasteiger partial charge < -0.3 is 0 Å². The van der Waals surface area contributed by atoms with Crippen LogP contribution in [0.3, 0.4) is 0 Å². The Hall–Kier alpha value is -1.21. The lowest BCUT2D eigenvalue weighted by atomic mass is 10.2. The number of aromatic nitrogens is 2. The highest BCUT2D eigenvalue weighted by molar-refractivity contribution is 7.90. The number of fused-ring (bicyclic) bond motifs is 3. The normalized spacial score (nSPS) is 15.0. The van der Waals surface area contributed by atoms with Gasteiger partial charge in [0.25, 0.3) is 5.56 Å². The number of thiophene rings is 1. The minimum atomic E-state index is -3.08. The standard InChI is InChI=1S/C12H14N2O3S2/c1-19(16,17)6-5-14-7-13-11-10(12(14)15)8-3-2-4-9(8)18-11/h7H,2-6H2,1H3. The van der Waals surface area contributed by atoms with Crippen LogP contribution in [-0.4, -0.2) is 30.0 Å². The molecule has 1 aliphatic rings. The molecule has 3 rings (SSSR count). The van der Waals surface area contributed by atoms with Crippen molar-refractivity contribution >= 4 is 31.4 Å². The molecule has 5 nitrogen and oxygen atoms in total. The minimum Gasteiger partial charge on any atom is -0.298 e. The van der Waals surface area contributed by atoms with Gasteiger partial charge in [0.2, 0.25) is 0 Å². The molecule has 2 aromatic rings. The molecule has 0 bridgehead atoms. The molecule has 0 atom stereocenters. The maximum absolute atomic E-state index is 12.4. The average Bonchev–Trinajstić information content (AvgIpc) is 2.86. The van der Waals surface area contributed by atoms with Crippen molar-refractivity contribution < 1.29 is 8.42 Å². The van der Waals surface area contributed by atoms with Crippen LogP contribution in [-0.2, 0) is 29.2 Å². The molecular weight excluding hydrogens is 284 g/mol. The smallest absolute Gasteiger partial charge is 0.262 e. The van der Waals surface area contributed by atoms with Gasteiger partial charge in [-0.25, -0.2) is 13.4 Å². The van der Waals surface area contributed by atoms with Crippen molar-refractivity contribution in [1.82, 2.24) is 9.55 Å². The molecule has 0 saturated carbocycles. The minimum absolute atomic E-state index is 0.0353. The van der Waals surface area contributed by atoms with Gasteiger partial charge in [0, 0.05) is 17.7 Å². The maximum Gasteiger partial charge on any atom is 0.262 e. The number of hydrogen-bond donors (Lipinski definition) is 0. The van der Waals surface area contributed by atoms with E-state index in [1.165, 1.54) is 22.0 Å². The molecule has 0 fully saturated rings. The summed E-state index contributed by atoms with van der Waals surface area (Å²) < 4.78 is 23.8. The Balaban J connectivity index is 2.08. The number of aryl methyl sites for hydroxylation is 3. The molecule has 0 aromatic carbocycles. The van der Waals surface area contributed by atoms with Gasteiger partial charge in [0.15, 0.2) is 0 Å². The summed E-state index contributed by atoms with van der Waals surface area (Å²) in [6.07, 6.45) is 5.68. The van der Waals surface area contributed by atoms with Crippen molar-refractivity contribution in [2.45, 2.75) is 25.8 Å². The summed E-state index contributed by atoms with van der Waals surface area (Å²) in [5.74, 6) is -0.0353. The molecule has 0 saturated heterocycles. The van der Waals surface area contributed by atoms with Crippen LogP contribution in [0.25, 0.3) is 10.2 Å². The van der Waals surface area contributed by atoms with Crippen LogP contribution in [0.5, 0.6) is 0 Å². The number of nitrogens with zero attached hydrogens (tertiary/aromatic N) is 2. The van der Waals surface area contributed by atoms with Crippen molar-refractivity contribution in [1.29, 1.82) is 0 Å². The maximum atomic E-state index is 12.4. The van der Waals surface area contributed by atoms with E-state index < -0.39 is 9.84 Å². The first-order valence-corrected chi connectivity index (χ1v) is 9.01. The summed E-state index contributed by atoms with van der Waals surface area (Å²) in [5.41, 5.74) is 1.03. The Bertz CT molecular complexity index is 802. The predicted octanol–water partition coefficient (Wildman–Crippen LogP) is 0.991. The number of sulfone groups is 1. The zero-order valence-electron chi connectivity index (χ0n) is 10.5. The van der Waals surface area contributed by atoms with Crippen LogP contribution in [0.4, 0.5) is 0 Å². The molecule has 2 heterocycles. The van der Waals surface area contributed by atoms with Gasteiger partial charge in [-0.05, 0) is 24.8 Å². The Kier molecular flexibility index (Phi) is 2.98. The highest BCUT2D eigenvalue weighted by Gasteiger charge is 2.21. The van der Waals surface area contributed by atoms with E-state index in [-0.39, 0.29) is 17.9 Å². The number of hydrogen-bond acceptors (Lipinski definition) is 5. The summed E-state index contributed by atoms with van der Waals surface area (Å²) in [6.45, 7) is 0.172. The van der Waals surface area contributed by atoms with E-state index in [0.717, 1.165) is 29.7 Å². The summed E-state index contributed by atoms with van der Waals surface area (Å²) in [5, 5.41) is 0.702. The van der Waals surface area contributed by atoms with Crippen molar-refractivity contribution in [2.24, 2.45) is 0 Å². The second-order valence-electron chi connectivity index (χ2n) is 4.91. The second kappa shape index (κ2) is 4.42. The fraction of sp³-hybridized carbons (Fsp3) is 0.500. The summed E-state index contributed by atoms with van der Waals surface area (Å²) in [7, 11) is -3.08. The lowest BCUT2D eigenvalue weighted by Gasteiger charge is -2.04. The van der Waals surface area contributed by atoms with Crippen LogP contribution < -0.4 is 5.56 Å². The van der Waals surface area contributed by atoms with Crippen LogP contribution in [0.1, 0.15) is 16.9 Å². The third-order valence-corrected chi connectivity index (χ3v) is 5.52. The van der Waals surface area contributed by atoms with E-state index in [4.69, 9.17) is 0 Å². The molecule has 102 valence electrons. The quantitative estimate of drug-likeness (QED) is 0.847. The lowest BCUT2D eigenvalue weighted by molar-refractivity contribution is 0.592. The third kappa shape index (κ3) is 2.32. The zero-order valence-corrected chi connectivity index (χ0v) is 12.2. The summed E-state index contributed by atoms with van der Waals surface area (Å²) in [6, 6.07) is 0. The van der Waals surface area contributed by atoms with Gasteiger partial charge in [-0.1, -0.05) is 0 Å². The van der Waals surface area contributed by atoms with Crippen LogP contribution >= 0.6 is 11.3 Å². The van der Waals surface area contributed by atoms with Gasteiger partial charge in [-0.2, -0.15) is 0 Å². The Labute approximate surface area is 114 Å². The molecule has 0 radical (unpaired) electrons. The Morgan fingerprint density at radius 2 is 2.21 bits per heavy atom. The fourth-order valence-electron chi connectivity index (χ4n) is 2.44. The van der Waals surface area contributed by atoms with Crippen LogP contribution in [0.2, 0.25) is 0 Å². The SMILES string of the molecule is CS(=O)(=O)CCn1cnc2sc3c(c2c1=O)CCC3. The van der Waals surface area contributed by atoms with E-state index in [2.05, 4.69) is 4.98 Å². The van der Waals surface area contributed by atoms with E-state index >= 15 is 0 Å². The monoisotopic (exact) mass is 298 g/mol. The second-order valence-corrected chi connectivity index (χ2v) is 8.25. The molecule has 0 aliphatic heterocycles. The molecule has 2 aromatic heterocycles. The van der Waals surface area contributed by atoms with Gasteiger partial charge in [-0.15, -0.1) is 11.3 Å². The average molecular weight is 298 g/mol. The van der Waals surface area contributed by atoms with Gasteiger partial charge in [-0.3, -0.25) is 9.36 Å². The highest BCUT2D eigenvalue weighted by atomic mass is 32.2. The van der Waals surface area contributed by atoms with Gasteiger partial charge >= 0.3 is 0 Å². The van der Waals surface area contributed by atoms with Crippen molar-refractivity contribution in [3.05, 3.63) is 27.1 Å². The van der Waals surface area contributed by atoms with Gasteiger partial charge in [0.05, 0.1) is 17.5 Å². The Morgan fingerprint density at radius 1 is 1.42 bits per heavy atom. The lowest BCUT2D eigenvalue weighted by Crippen LogP contribution is -2.24. The highest BCUT2D eigenvalue weighted by Crippen LogP contribution is 2.34. The molecule has 19 heavy (non-hydrogen) atoms. The molecule has 0 unspecified atom stereocenters. The predicted molar refractivity (Wildman–Crippen MR) is 75.6 cm³/mol. The largest absolute Gasteiger partial charge is 0.298 e. The summed E-state index contributed by atoms with van der Waals surface area (Å²) >= 11 is 1.59. The van der Waals surface area contributed by atoms with Crippen LogP contribution in [0.15, 0.2) is 11.1 Å². The first-order valence-electron chi connectivity index (χ1n) is 6.13. The molecule has 1 aliphatic carbocycles. The molecular formula is C12H14N2O3S2.